The van der Waals surface area contributed by atoms with Crippen molar-refractivity contribution in [3.8, 4) is 6.07 Å². The van der Waals surface area contributed by atoms with Crippen LogP contribution in [0.3, 0.4) is 0 Å². The second-order valence-corrected chi connectivity index (χ2v) is 5.42. The van der Waals surface area contributed by atoms with Crippen molar-refractivity contribution < 1.29 is 9.32 Å². The van der Waals surface area contributed by atoms with Gasteiger partial charge in [-0.15, -0.1) is 0 Å². The molecule has 0 bridgehead atoms. The second-order valence-electron chi connectivity index (χ2n) is 5.42. The average Bonchev–Trinajstić information content (AvgIpc) is 2.95. The predicted molar refractivity (Wildman–Crippen MR) is 64.8 cm³/mol. The summed E-state index contributed by atoms with van der Waals surface area (Å²) >= 11 is 0. The van der Waals surface area contributed by atoms with Crippen molar-refractivity contribution in [3.05, 3.63) is 17.5 Å². The molecule has 0 aromatic carbocycles. The molecule has 96 valence electrons. The lowest BCUT2D eigenvalue weighted by molar-refractivity contribution is 0.0772. The number of nitriles is 1. The Kier molecular flexibility index (Phi) is 3.12. The number of likely N-dealkylation sites (tertiary alicyclic amines) is 1. The van der Waals surface area contributed by atoms with Crippen LogP contribution in [-0.2, 0) is 0 Å². The Labute approximate surface area is 106 Å². The summed E-state index contributed by atoms with van der Waals surface area (Å²) in [6.45, 7) is 6.91. The molecule has 2 rings (SSSR count). The monoisotopic (exact) mass is 247 g/mol. The Morgan fingerprint density at radius 1 is 1.67 bits per heavy atom. The van der Waals surface area contributed by atoms with Crippen LogP contribution in [0.25, 0.3) is 0 Å². The largest absolute Gasteiger partial charge is 0.360 e. The van der Waals surface area contributed by atoms with Crippen molar-refractivity contribution in [3.63, 3.8) is 0 Å². The fourth-order valence-corrected chi connectivity index (χ4v) is 2.05. The summed E-state index contributed by atoms with van der Waals surface area (Å²) in [6.07, 6.45) is 0.712. The Bertz CT molecular complexity index is 501. The Morgan fingerprint density at radius 3 is 2.89 bits per heavy atom. The molecule has 5 nitrogen and oxygen atoms in total. The summed E-state index contributed by atoms with van der Waals surface area (Å²) < 4.78 is 5.12. The van der Waals surface area contributed by atoms with Crippen LogP contribution in [0.4, 0.5) is 0 Å². The second kappa shape index (κ2) is 4.45. The number of carbonyl (C=O) groups is 1. The number of amides is 1. The number of hydrogen-bond donors (Lipinski definition) is 0. The highest BCUT2D eigenvalue weighted by Gasteiger charge is 2.37. The molecule has 1 aliphatic rings. The minimum absolute atomic E-state index is 0.148. The van der Waals surface area contributed by atoms with E-state index in [1.807, 2.05) is 20.8 Å². The van der Waals surface area contributed by atoms with Gasteiger partial charge in [0.15, 0.2) is 5.69 Å². The van der Waals surface area contributed by atoms with E-state index in [2.05, 4.69) is 11.2 Å². The summed E-state index contributed by atoms with van der Waals surface area (Å²) in [6, 6.07) is 3.95. The lowest BCUT2D eigenvalue weighted by atomic mass is 9.92. The van der Waals surface area contributed by atoms with Gasteiger partial charge in [0.05, 0.1) is 11.5 Å². The first-order valence-corrected chi connectivity index (χ1v) is 6.12. The summed E-state index contributed by atoms with van der Waals surface area (Å²) in [5.74, 6) is 0.771. The van der Waals surface area contributed by atoms with E-state index >= 15 is 0 Å². The maximum Gasteiger partial charge on any atom is 0.276 e. The topological polar surface area (TPSA) is 70.1 Å². The predicted octanol–water partition coefficient (Wildman–Crippen LogP) is 2.17. The molecule has 18 heavy (non-hydrogen) atoms. The number of aromatic nitrogens is 1. The van der Waals surface area contributed by atoms with E-state index in [4.69, 9.17) is 9.78 Å². The van der Waals surface area contributed by atoms with Crippen molar-refractivity contribution in [2.45, 2.75) is 33.1 Å². The highest BCUT2D eigenvalue weighted by molar-refractivity contribution is 5.92. The van der Waals surface area contributed by atoms with Gasteiger partial charge in [-0.3, -0.25) is 4.79 Å². The van der Waals surface area contributed by atoms with E-state index < -0.39 is 5.41 Å². The molecule has 0 N–H and O–H groups in total. The molecule has 1 atom stereocenters. The third-order valence-corrected chi connectivity index (χ3v) is 3.35. The van der Waals surface area contributed by atoms with Gasteiger partial charge in [-0.2, -0.15) is 5.26 Å². The minimum atomic E-state index is -0.430. The van der Waals surface area contributed by atoms with E-state index in [1.54, 1.807) is 11.0 Å². The van der Waals surface area contributed by atoms with Gasteiger partial charge >= 0.3 is 0 Å². The quantitative estimate of drug-likeness (QED) is 0.803. The van der Waals surface area contributed by atoms with E-state index in [0.717, 1.165) is 0 Å². The van der Waals surface area contributed by atoms with Gasteiger partial charge in [0.2, 0.25) is 0 Å². The Morgan fingerprint density at radius 2 is 2.39 bits per heavy atom. The molecular formula is C13H17N3O2. The number of hydrogen-bond acceptors (Lipinski definition) is 4. The van der Waals surface area contributed by atoms with Gasteiger partial charge in [0.25, 0.3) is 5.91 Å². The first-order chi connectivity index (χ1) is 8.45. The van der Waals surface area contributed by atoms with Crippen molar-refractivity contribution in [2.75, 3.05) is 13.1 Å². The van der Waals surface area contributed by atoms with E-state index in [0.29, 0.717) is 31.0 Å². The molecule has 1 aromatic rings. The molecule has 1 saturated heterocycles. The van der Waals surface area contributed by atoms with Crippen LogP contribution in [0.2, 0.25) is 0 Å². The molecule has 1 aliphatic heterocycles. The molecule has 0 aliphatic carbocycles. The Balaban J connectivity index is 2.11. The number of carbonyl (C=O) groups excluding carboxylic acids is 1. The van der Waals surface area contributed by atoms with Crippen LogP contribution in [0, 0.1) is 16.7 Å². The Hall–Kier alpha value is -1.83. The first-order valence-electron chi connectivity index (χ1n) is 6.12. The van der Waals surface area contributed by atoms with Crippen molar-refractivity contribution in [1.29, 1.82) is 5.26 Å². The zero-order valence-electron chi connectivity index (χ0n) is 10.9. The zero-order chi connectivity index (χ0) is 13.3. The van der Waals surface area contributed by atoms with Crippen LogP contribution >= 0.6 is 0 Å². The fourth-order valence-electron chi connectivity index (χ4n) is 2.05. The highest BCUT2D eigenvalue weighted by Crippen LogP contribution is 2.29. The van der Waals surface area contributed by atoms with Gasteiger partial charge in [-0.25, -0.2) is 0 Å². The molecule has 1 fully saturated rings. The number of rotatable bonds is 2. The molecule has 1 unspecified atom stereocenters. The standard InChI is InChI=1S/C13H17N3O2/c1-9(2)11-6-10(15-18-11)12(17)16-5-4-13(3,7-14)8-16/h6,9H,4-5,8H2,1-3H3. The molecule has 1 amide bonds. The lowest BCUT2D eigenvalue weighted by Crippen LogP contribution is -2.30. The molecule has 0 spiro atoms. The maximum atomic E-state index is 12.2. The highest BCUT2D eigenvalue weighted by atomic mass is 16.5. The van der Waals surface area contributed by atoms with Crippen LogP contribution in [0.1, 0.15) is 49.4 Å². The molecular weight excluding hydrogens is 230 g/mol. The number of nitrogens with zero attached hydrogens (tertiary/aromatic N) is 3. The SMILES string of the molecule is CC(C)c1cc(C(=O)N2CCC(C)(C#N)C2)no1. The normalized spacial score (nSPS) is 23.4. The van der Waals surface area contributed by atoms with E-state index in [1.165, 1.54) is 0 Å². The summed E-state index contributed by atoms with van der Waals surface area (Å²) in [7, 11) is 0. The molecule has 0 radical (unpaired) electrons. The van der Waals surface area contributed by atoms with E-state index in [9.17, 15) is 4.79 Å². The van der Waals surface area contributed by atoms with Gasteiger partial charge in [0.1, 0.15) is 5.76 Å². The molecule has 0 saturated carbocycles. The van der Waals surface area contributed by atoms with Crippen molar-refractivity contribution in [1.82, 2.24) is 10.1 Å². The molecule has 1 aromatic heterocycles. The lowest BCUT2D eigenvalue weighted by Gasteiger charge is -2.16. The van der Waals surface area contributed by atoms with Gasteiger partial charge < -0.3 is 9.42 Å². The van der Waals surface area contributed by atoms with Gasteiger partial charge in [-0.1, -0.05) is 19.0 Å². The maximum absolute atomic E-state index is 12.2. The summed E-state index contributed by atoms with van der Waals surface area (Å²) in [5, 5.41) is 12.9. The van der Waals surface area contributed by atoms with Crippen LogP contribution < -0.4 is 0 Å². The zero-order valence-corrected chi connectivity index (χ0v) is 10.9. The van der Waals surface area contributed by atoms with Crippen LogP contribution in [0.15, 0.2) is 10.6 Å². The van der Waals surface area contributed by atoms with Gasteiger partial charge in [-0.05, 0) is 13.3 Å². The minimum Gasteiger partial charge on any atom is -0.360 e. The smallest absolute Gasteiger partial charge is 0.276 e. The summed E-state index contributed by atoms with van der Waals surface area (Å²) in [5.41, 5.74) is -0.0961. The third-order valence-electron chi connectivity index (χ3n) is 3.35. The summed E-state index contributed by atoms with van der Waals surface area (Å²) in [4.78, 5) is 13.9. The van der Waals surface area contributed by atoms with Crippen LogP contribution in [-0.4, -0.2) is 29.1 Å². The fraction of sp³-hybridized carbons (Fsp3) is 0.615. The first kappa shape index (κ1) is 12.6. The third kappa shape index (κ3) is 2.23. The molecule has 2 heterocycles. The van der Waals surface area contributed by atoms with Crippen molar-refractivity contribution in [2.24, 2.45) is 5.41 Å². The van der Waals surface area contributed by atoms with E-state index in [-0.39, 0.29) is 11.8 Å². The average molecular weight is 247 g/mol. The van der Waals surface area contributed by atoms with Gasteiger partial charge in [0, 0.05) is 25.1 Å². The molecule has 5 heteroatoms. The van der Waals surface area contributed by atoms with Crippen LogP contribution in [0.5, 0.6) is 0 Å². The van der Waals surface area contributed by atoms with Crippen molar-refractivity contribution >= 4 is 5.91 Å².